The van der Waals surface area contributed by atoms with Gasteiger partial charge in [0.1, 0.15) is 11.5 Å². The fraction of sp³-hybridized carbons (Fsp3) is 0. The molecule has 2 rings (SSSR count). The number of nitrogens with zero attached hydrogens (tertiary/aromatic N) is 4. The normalized spacial score (nSPS) is 9.87. The van der Waals surface area contributed by atoms with Crippen LogP contribution in [-0.4, -0.2) is 25.7 Å². The highest BCUT2D eigenvalue weighted by Crippen LogP contribution is 2.07. The summed E-state index contributed by atoms with van der Waals surface area (Å²) in [5.41, 5.74) is 5.67. The third-order valence-corrected chi connectivity index (χ3v) is 2.03. The van der Waals surface area contributed by atoms with Crippen LogP contribution in [0.3, 0.4) is 0 Å². The SMILES string of the molecule is Nc1cccc(C(=O)Nc2nnns2)n1. The summed E-state index contributed by atoms with van der Waals surface area (Å²) in [6, 6.07) is 4.80. The van der Waals surface area contributed by atoms with Crippen molar-refractivity contribution in [2.24, 2.45) is 0 Å². The van der Waals surface area contributed by atoms with Gasteiger partial charge >= 0.3 is 0 Å². The maximum Gasteiger partial charge on any atom is 0.276 e. The van der Waals surface area contributed by atoms with Crippen molar-refractivity contribution < 1.29 is 4.79 Å². The van der Waals surface area contributed by atoms with E-state index in [1.54, 1.807) is 18.2 Å². The molecule has 0 atom stereocenters. The van der Waals surface area contributed by atoms with E-state index in [1.807, 2.05) is 0 Å². The lowest BCUT2D eigenvalue weighted by Gasteiger charge is -1.99. The van der Waals surface area contributed by atoms with Crippen molar-refractivity contribution in [2.75, 3.05) is 11.1 Å². The molecular formula is C7H6N6OS. The summed E-state index contributed by atoms with van der Waals surface area (Å²) in [4.78, 5) is 15.4. The predicted molar refractivity (Wildman–Crippen MR) is 54.3 cm³/mol. The number of carbonyl (C=O) groups excluding carboxylic acids is 1. The van der Waals surface area contributed by atoms with Crippen LogP contribution in [0, 0.1) is 0 Å². The molecule has 0 radical (unpaired) electrons. The molecule has 0 saturated carbocycles. The van der Waals surface area contributed by atoms with Gasteiger partial charge in [-0.25, -0.2) is 4.98 Å². The Morgan fingerprint density at radius 1 is 1.47 bits per heavy atom. The second-order valence-electron chi connectivity index (χ2n) is 2.57. The number of carbonyl (C=O) groups is 1. The molecule has 0 aromatic carbocycles. The van der Waals surface area contributed by atoms with E-state index in [4.69, 9.17) is 5.73 Å². The minimum atomic E-state index is -0.388. The Hall–Kier alpha value is -2.09. The number of nitrogens with one attached hydrogen (secondary N) is 1. The Morgan fingerprint density at radius 3 is 3.00 bits per heavy atom. The third kappa shape index (κ3) is 2.23. The molecule has 0 saturated heterocycles. The lowest BCUT2D eigenvalue weighted by molar-refractivity contribution is 0.102. The van der Waals surface area contributed by atoms with Crippen molar-refractivity contribution >= 4 is 28.4 Å². The molecule has 0 aliphatic carbocycles. The fourth-order valence-electron chi connectivity index (χ4n) is 0.921. The zero-order chi connectivity index (χ0) is 10.7. The molecule has 1 amide bonds. The molecular weight excluding hydrogens is 216 g/mol. The molecule has 15 heavy (non-hydrogen) atoms. The lowest BCUT2D eigenvalue weighted by atomic mass is 10.3. The topological polar surface area (TPSA) is 107 Å². The zero-order valence-corrected chi connectivity index (χ0v) is 8.23. The molecule has 0 aliphatic heterocycles. The van der Waals surface area contributed by atoms with E-state index in [2.05, 4.69) is 25.1 Å². The Kier molecular flexibility index (Phi) is 2.50. The van der Waals surface area contributed by atoms with Gasteiger partial charge in [-0.2, -0.15) is 0 Å². The van der Waals surface area contributed by atoms with Crippen LogP contribution in [0.5, 0.6) is 0 Å². The van der Waals surface area contributed by atoms with Crippen molar-refractivity contribution in [3.05, 3.63) is 23.9 Å². The molecule has 0 fully saturated rings. The predicted octanol–water partition coefficient (Wildman–Crippen LogP) is 0.163. The minimum absolute atomic E-state index is 0.227. The highest BCUT2D eigenvalue weighted by molar-refractivity contribution is 7.09. The number of hydrogen-bond donors (Lipinski definition) is 2. The van der Waals surface area contributed by atoms with Gasteiger partial charge in [-0.1, -0.05) is 15.7 Å². The van der Waals surface area contributed by atoms with Crippen LogP contribution in [-0.2, 0) is 0 Å². The lowest BCUT2D eigenvalue weighted by Crippen LogP contribution is -2.14. The van der Waals surface area contributed by atoms with Crippen LogP contribution in [0.25, 0.3) is 0 Å². The van der Waals surface area contributed by atoms with E-state index in [0.717, 1.165) is 11.5 Å². The van der Waals surface area contributed by atoms with Crippen molar-refractivity contribution in [2.45, 2.75) is 0 Å². The zero-order valence-electron chi connectivity index (χ0n) is 7.41. The molecule has 7 nitrogen and oxygen atoms in total. The second kappa shape index (κ2) is 3.96. The number of amides is 1. The van der Waals surface area contributed by atoms with Gasteiger partial charge in [0.15, 0.2) is 0 Å². The van der Waals surface area contributed by atoms with E-state index in [1.165, 1.54) is 0 Å². The molecule has 0 spiro atoms. The first-order chi connectivity index (χ1) is 7.25. The van der Waals surface area contributed by atoms with Crippen LogP contribution >= 0.6 is 11.5 Å². The smallest absolute Gasteiger partial charge is 0.276 e. The van der Waals surface area contributed by atoms with E-state index in [-0.39, 0.29) is 17.4 Å². The highest BCUT2D eigenvalue weighted by Gasteiger charge is 2.09. The fourth-order valence-corrected chi connectivity index (χ4v) is 1.28. The minimum Gasteiger partial charge on any atom is -0.384 e. The first-order valence-electron chi connectivity index (χ1n) is 3.94. The molecule has 2 aromatic rings. The van der Waals surface area contributed by atoms with E-state index in [0.29, 0.717) is 5.13 Å². The van der Waals surface area contributed by atoms with Crippen LogP contribution in [0.4, 0.5) is 10.9 Å². The Balaban J connectivity index is 2.15. The van der Waals surface area contributed by atoms with E-state index in [9.17, 15) is 4.79 Å². The molecule has 0 aliphatic rings. The third-order valence-electron chi connectivity index (χ3n) is 1.52. The molecule has 76 valence electrons. The highest BCUT2D eigenvalue weighted by atomic mass is 32.1. The Morgan fingerprint density at radius 2 is 2.33 bits per heavy atom. The van der Waals surface area contributed by atoms with Crippen LogP contribution in [0.2, 0.25) is 0 Å². The summed E-state index contributed by atoms with van der Waals surface area (Å²) in [5, 5.41) is 9.73. The maximum atomic E-state index is 11.5. The van der Waals surface area contributed by atoms with Crippen LogP contribution < -0.4 is 11.1 Å². The van der Waals surface area contributed by atoms with Gasteiger partial charge in [0.2, 0.25) is 5.13 Å². The number of rotatable bonds is 2. The van der Waals surface area contributed by atoms with Crippen LogP contribution in [0.15, 0.2) is 18.2 Å². The molecule has 2 aromatic heterocycles. The van der Waals surface area contributed by atoms with Gasteiger partial charge in [0.25, 0.3) is 5.91 Å². The second-order valence-corrected chi connectivity index (χ2v) is 3.30. The summed E-state index contributed by atoms with van der Waals surface area (Å²) >= 11 is 0.987. The Bertz CT molecular complexity index is 470. The largest absolute Gasteiger partial charge is 0.384 e. The summed E-state index contributed by atoms with van der Waals surface area (Å²) in [6.07, 6.45) is 0. The van der Waals surface area contributed by atoms with Crippen molar-refractivity contribution in [1.29, 1.82) is 0 Å². The van der Waals surface area contributed by atoms with Gasteiger partial charge in [0.05, 0.1) is 0 Å². The van der Waals surface area contributed by atoms with Gasteiger partial charge < -0.3 is 5.73 Å². The average Bonchev–Trinajstić information content (AvgIpc) is 2.70. The van der Waals surface area contributed by atoms with Gasteiger partial charge in [-0.15, -0.1) is 0 Å². The number of hydrogen-bond acceptors (Lipinski definition) is 7. The Labute approximate surface area is 88.5 Å². The number of aromatic nitrogens is 4. The molecule has 0 unspecified atom stereocenters. The van der Waals surface area contributed by atoms with Crippen molar-refractivity contribution in [1.82, 2.24) is 19.8 Å². The van der Waals surface area contributed by atoms with Crippen LogP contribution in [0.1, 0.15) is 10.5 Å². The van der Waals surface area contributed by atoms with Crippen molar-refractivity contribution in [3.8, 4) is 0 Å². The monoisotopic (exact) mass is 222 g/mol. The maximum absolute atomic E-state index is 11.5. The molecule has 8 heteroatoms. The molecule has 3 N–H and O–H groups in total. The van der Waals surface area contributed by atoms with E-state index < -0.39 is 0 Å². The first-order valence-corrected chi connectivity index (χ1v) is 4.72. The summed E-state index contributed by atoms with van der Waals surface area (Å²) in [7, 11) is 0. The summed E-state index contributed by atoms with van der Waals surface area (Å²) < 4.78 is 3.51. The standard InChI is InChI=1S/C7H6N6OS/c8-5-3-1-2-4(9-5)6(14)10-7-11-12-13-15-7/h1-3H,(H2,8,9)(H,10,11,13,14). The quantitative estimate of drug-likeness (QED) is 0.749. The number of nitrogen functional groups attached to an aromatic ring is 1. The molecule has 2 heterocycles. The number of anilines is 2. The summed E-state index contributed by atoms with van der Waals surface area (Å²) in [5.74, 6) is -0.0983. The van der Waals surface area contributed by atoms with Gasteiger partial charge in [-0.3, -0.25) is 10.1 Å². The number of pyridine rings is 1. The summed E-state index contributed by atoms with van der Waals surface area (Å²) in [6.45, 7) is 0. The van der Waals surface area contributed by atoms with E-state index >= 15 is 0 Å². The van der Waals surface area contributed by atoms with Gasteiger partial charge in [-0.05, 0) is 17.3 Å². The first kappa shape index (κ1) is 9.46. The van der Waals surface area contributed by atoms with Gasteiger partial charge in [0, 0.05) is 11.5 Å². The van der Waals surface area contributed by atoms with Crippen molar-refractivity contribution in [3.63, 3.8) is 0 Å². The molecule has 0 bridgehead atoms. The average molecular weight is 222 g/mol. The number of nitrogens with two attached hydrogens (primary N) is 1.